The third-order valence-electron chi connectivity index (χ3n) is 5.33. The van der Waals surface area contributed by atoms with Gasteiger partial charge in [0, 0.05) is 0 Å². The summed E-state index contributed by atoms with van der Waals surface area (Å²) in [5, 5.41) is 0. The molecule has 3 aromatic rings. The highest BCUT2D eigenvalue weighted by Gasteiger charge is 2.06. The first-order valence-electron chi connectivity index (χ1n) is 10.5. The first kappa shape index (κ1) is 19.7. The number of rotatable bonds is 6. The summed E-state index contributed by atoms with van der Waals surface area (Å²) >= 11 is 0. The van der Waals surface area contributed by atoms with Crippen molar-refractivity contribution in [2.24, 2.45) is 0 Å². The van der Waals surface area contributed by atoms with Gasteiger partial charge in [0.2, 0.25) is 0 Å². The summed E-state index contributed by atoms with van der Waals surface area (Å²) in [5.74, 6) is 0. The van der Waals surface area contributed by atoms with Crippen molar-refractivity contribution in [1.29, 1.82) is 0 Å². The van der Waals surface area contributed by atoms with Gasteiger partial charge in [-0.2, -0.15) is 0 Å². The molecule has 0 saturated heterocycles. The number of hydrogen-bond donors (Lipinski definition) is 0. The summed E-state index contributed by atoms with van der Waals surface area (Å²) in [6.07, 6.45) is 17.4. The maximum absolute atomic E-state index is 3.91. The summed E-state index contributed by atoms with van der Waals surface area (Å²) in [7, 11) is 0. The van der Waals surface area contributed by atoms with E-state index in [4.69, 9.17) is 0 Å². The summed E-state index contributed by atoms with van der Waals surface area (Å²) in [5.41, 5.74) is 8.60. The molecule has 3 aromatic carbocycles. The van der Waals surface area contributed by atoms with Gasteiger partial charge in [-0.05, 0) is 51.8 Å². The molecule has 146 valence electrons. The van der Waals surface area contributed by atoms with Gasteiger partial charge in [0.25, 0.3) is 0 Å². The normalized spacial score (nSPS) is 14.0. The van der Waals surface area contributed by atoms with Gasteiger partial charge in [-0.1, -0.05) is 128 Å². The standard InChI is InChI=1S/C30H26/c1-2-11-24(26-18-20-27(21-19-26)25-12-5-3-6-13-25)22-23-29-16-9-10-17-30(29)28-14-7-4-8-15-28/h2-3,5-7,9-23H,1,4,8H2/b23-22-,24-11+. The van der Waals surface area contributed by atoms with Gasteiger partial charge >= 0.3 is 0 Å². The minimum Gasteiger partial charge on any atom is -0.0990 e. The second-order valence-electron chi connectivity index (χ2n) is 7.36. The van der Waals surface area contributed by atoms with E-state index < -0.39 is 0 Å². The number of benzene rings is 3. The lowest BCUT2D eigenvalue weighted by molar-refractivity contribution is 1.04. The van der Waals surface area contributed by atoms with Crippen molar-refractivity contribution in [1.82, 2.24) is 0 Å². The quantitative estimate of drug-likeness (QED) is 0.373. The summed E-state index contributed by atoms with van der Waals surface area (Å²) in [4.78, 5) is 0. The molecule has 0 unspecified atom stereocenters. The second-order valence-corrected chi connectivity index (χ2v) is 7.36. The van der Waals surface area contributed by atoms with E-state index in [1.54, 1.807) is 0 Å². The van der Waals surface area contributed by atoms with Crippen LogP contribution in [0, 0.1) is 0 Å². The molecule has 4 rings (SSSR count). The van der Waals surface area contributed by atoms with Crippen LogP contribution >= 0.6 is 0 Å². The van der Waals surface area contributed by atoms with Crippen molar-refractivity contribution in [2.75, 3.05) is 0 Å². The summed E-state index contributed by atoms with van der Waals surface area (Å²) in [6.45, 7) is 3.91. The van der Waals surface area contributed by atoms with Gasteiger partial charge in [-0.15, -0.1) is 0 Å². The minimum absolute atomic E-state index is 1.11. The highest BCUT2D eigenvalue weighted by atomic mass is 14.1. The van der Waals surface area contributed by atoms with E-state index in [0.29, 0.717) is 0 Å². The first-order chi connectivity index (χ1) is 14.8. The lowest BCUT2D eigenvalue weighted by Gasteiger charge is -2.11. The minimum atomic E-state index is 1.11. The molecule has 0 aliphatic heterocycles. The molecule has 1 aliphatic carbocycles. The predicted octanol–water partition coefficient (Wildman–Crippen LogP) is 8.37. The van der Waals surface area contributed by atoms with Crippen molar-refractivity contribution in [3.8, 4) is 11.1 Å². The molecule has 0 aromatic heterocycles. The molecule has 0 nitrogen and oxygen atoms in total. The maximum Gasteiger partial charge on any atom is -0.0115 e. The topological polar surface area (TPSA) is 0 Å². The Morgan fingerprint density at radius 2 is 1.50 bits per heavy atom. The molecule has 30 heavy (non-hydrogen) atoms. The van der Waals surface area contributed by atoms with Crippen LogP contribution in [0.25, 0.3) is 28.3 Å². The van der Waals surface area contributed by atoms with Gasteiger partial charge in [0.1, 0.15) is 0 Å². The van der Waals surface area contributed by atoms with E-state index in [2.05, 4.69) is 116 Å². The lowest BCUT2D eigenvalue weighted by atomic mass is 9.94. The Morgan fingerprint density at radius 1 is 0.767 bits per heavy atom. The highest BCUT2D eigenvalue weighted by Crippen LogP contribution is 2.27. The molecule has 0 spiro atoms. The van der Waals surface area contributed by atoms with E-state index in [1.807, 2.05) is 12.1 Å². The molecule has 0 bridgehead atoms. The zero-order valence-electron chi connectivity index (χ0n) is 17.2. The van der Waals surface area contributed by atoms with Crippen LogP contribution in [0.3, 0.4) is 0 Å². The van der Waals surface area contributed by atoms with Crippen molar-refractivity contribution in [3.63, 3.8) is 0 Å². The largest absolute Gasteiger partial charge is 0.0990 e. The molecule has 0 saturated carbocycles. The smallest absolute Gasteiger partial charge is 0.0115 e. The third-order valence-corrected chi connectivity index (χ3v) is 5.33. The molecule has 0 N–H and O–H groups in total. The molecule has 0 radical (unpaired) electrons. The summed E-state index contributed by atoms with van der Waals surface area (Å²) in [6, 6.07) is 27.8. The maximum atomic E-state index is 3.91. The van der Waals surface area contributed by atoms with Crippen LogP contribution in [-0.4, -0.2) is 0 Å². The Bertz CT molecular complexity index is 1120. The number of allylic oxidation sites excluding steroid dienone is 8. The predicted molar refractivity (Wildman–Crippen MR) is 132 cm³/mol. The van der Waals surface area contributed by atoms with E-state index >= 15 is 0 Å². The Balaban J connectivity index is 1.62. The van der Waals surface area contributed by atoms with Crippen molar-refractivity contribution in [2.45, 2.75) is 12.8 Å². The Labute approximate surface area is 179 Å². The monoisotopic (exact) mass is 386 g/mol. The van der Waals surface area contributed by atoms with E-state index in [-0.39, 0.29) is 0 Å². The molecule has 0 fully saturated rings. The van der Waals surface area contributed by atoms with Gasteiger partial charge < -0.3 is 0 Å². The van der Waals surface area contributed by atoms with Crippen LogP contribution in [0.1, 0.15) is 29.5 Å². The molecule has 0 amide bonds. The zero-order valence-corrected chi connectivity index (χ0v) is 17.2. The SMILES string of the molecule is C=C/C=C(\C=C/c1ccccc1C1=CCCC=C1)c1ccc(-c2ccccc2)cc1. The Hall–Kier alpha value is -3.64. The van der Waals surface area contributed by atoms with Crippen molar-refractivity contribution in [3.05, 3.63) is 139 Å². The molecular formula is C30H26. The fourth-order valence-corrected chi connectivity index (χ4v) is 3.76. The molecule has 1 aliphatic rings. The van der Waals surface area contributed by atoms with Crippen LogP contribution in [0.5, 0.6) is 0 Å². The highest BCUT2D eigenvalue weighted by molar-refractivity contribution is 5.85. The fraction of sp³-hybridized carbons (Fsp3) is 0.0667. The van der Waals surface area contributed by atoms with Crippen LogP contribution in [0.15, 0.2) is 122 Å². The molecule has 0 heteroatoms. The molecule has 0 atom stereocenters. The average molecular weight is 387 g/mol. The Morgan fingerprint density at radius 3 is 2.23 bits per heavy atom. The number of hydrogen-bond acceptors (Lipinski definition) is 0. The third kappa shape index (κ3) is 4.67. The van der Waals surface area contributed by atoms with Crippen molar-refractivity contribution < 1.29 is 0 Å². The van der Waals surface area contributed by atoms with Crippen molar-refractivity contribution >= 4 is 17.2 Å². The Kier molecular flexibility index (Phi) is 6.37. The van der Waals surface area contributed by atoms with Crippen LogP contribution in [-0.2, 0) is 0 Å². The fourth-order valence-electron chi connectivity index (χ4n) is 3.76. The van der Waals surface area contributed by atoms with E-state index in [9.17, 15) is 0 Å². The zero-order chi connectivity index (χ0) is 20.6. The van der Waals surface area contributed by atoms with Crippen LogP contribution in [0.2, 0.25) is 0 Å². The average Bonchev–Trinajstić information content (AvgIpc) is 2.83. The summed E-state index contributed by atoms with van der Waals surface area (Å²) < 4.78 is 0. The second kappa shape index (κ2) is 9.71. The molecule has 0 heterocycles. The molecular weight excluding hydrogens is 360 g/mol. The van der Waals surface area contributed by atoms with Gasteiger partial charge in [0.15, 0.2) is 0 Å². The van der Waals surface area contributed by atoms with E-state index in [1.165, 1.54) is 33.4 Å². The van der Waals surface area contributed by atoms with Gasteiger partial charge in [-0.25, -0.2) is 0 Å². The van der Waals surface area contributed by atoms with E-state index in [0.717, 1.165) is 18.4 Å². The van der Waals surface area contributed by atoms with Gasteiger partial charge in [0.05, 0.1) is 0 Å². The van der Waals surface area contributed by atoms with Crippen LogP contribution in [0.4, 0.5) is 0 Å². The van der Waals surface area contributed by atoms with Gasteiger partial charge in [-0.3, -0.25) is 0 Å². The first-order valence-corrected chi connectivity index (χ1v) is 10.5. The lowest BCUT2D eigenvalue weighted by Crippen LogP contribution is -1.90. The van der Waals surface area contributed by atoms with Crippen LogP contribution < -0.4 is 0 Å².